The molecular weight excluding hydrogens is 392 g/mol. The molecule has 164 valence electrons. The van der Waals surface area contributed by atoms with Crippen molar-refractivity contribution in [1.82, 2.24) is 4.90 Å². The lowest BCUT2D eigenvalue weighted by Gasteiger charge is -2.32. The van der Waals surface area contributed by atoms with E-state index in [2.05, 4.69) is 13.0 Å². The predicted octanol–water partition coefficient (Wildman–Crippen LogP) is 4.37. The number of nitrogens with zero attached hydrogens (tertiary/aromatic N) is 2. The number of benzene rings is 2. The summed E-state index contributed by atoms with van der Waals surface area (Å²) in [7, 11) is 0. The molecule has 0 N–H and O–H groups in total. The van der Waals surface area contributed by atoms with Crippen molar-refractivity contribution in [3.8, 4) is 5.75 Å². The maximum Gasteiger partial charge on any atom is 0.410 e. The first-order chi connectivity index (χ1) is 14.7. The molecule has 6 nitrogen and oxygen atoms in total. The minimum atomic E-state index is -0.516. The van der Waals surface area contributed by atoms with Crippen molar-refractivity contribution in [2.24, 2.45) is 0 Å². The molecule has 2 amide bonds. The quantitative estimate of drug-likeness (QED) is 0.685. The van der Waals surface area contributed by atoms with Crippen LogP contribution in [0.25, 0.3) is 0 Å². The van der Waals surface area contributed by atoms with E-state index in [0.717, 1.165) is 29.8 Å². The van der Waals surface area contributed by atoms with E-state index >= 15 is 0 Å². The Labute approximate surface area is 183 Å². The number of rotatable bonds is 1. The zero-order valence-corrected chi connectivity index (χ0v) is 18.7. The van der Waals surface area contributed by atoms with Gasteiger partial charge in [0.1, 0.15) is 18.0 Å². The molecule has 0 fully saturated rings. The Morgan fingerprint density at radius 1 is 1.03 bits per heavy atom. The van der Waals surface area contributed by atoms with Gasteiger partial charge in [-0.3, -0.25) is 4.79 Å². The van der Waals surface area contributed by atoms with Crippen molar-refractivity contribution in [3.63, 3.8) is 0 Å². The SMILES string of the molecule is Cc1c2c(cc3c1N(C(=O)c1ccccc1)CCO3)CCN(C(=O)OC(C)(C)C)CC2. The first kappa shape index (κ1) is 21.2. The monoisotopic (exact) mass is 422 g/mol. The zero-order valence-electron chi connectivity index (χ0n) is 18.7. The second-order valence-electron chi connectivity index (χ2n) is 9.12. The van der Waals surface area contributed by atoms with Crippen molar-refractivity contribution in [1.29, 1.82) is 0 Å². The summed E-state index contributed by atoms with van der Waals surface area (Å²) < 4.78 is 11.5. The third-order valence-corrected chi connectivity index (χ3v) is 5.78. The molecule has 2 aromatic rings. The minimum Gasteiger partial charge on any atom is -0.490 e. The van der Waals surface area contributed by atoms with Crippen LogP contribution in [0, 0.1) is 6.92 Å². The highest BCUT2D eigenvalue weighted by Gasteiger charge is 2.31. The van der Waals surface area contributed by atoms with Crippen LogP contribution in [0.3, 0.4) is 0 Å². The Kier molecular flexibility index (Phi) is 5.65. The van der Waals surface area contributed by atoms with Gasteiger partial charge >= 0.3 is 6.09 Å². The van der Waals surface area contributed by atoms with E-state index in [1.807, 2.05) is 56.0 Å². The second-order valence-corrected chi connectivity index (χ2v) is 9.12. The van der Waals surface area contributed by atoms with Crippen LogP contribution in [0.4, 0.5) is 10.5 Å². The minimum absolute atomic E-state index is 0.0165. The number of anilines is 1. The molecule has 4 rings (SSSR count). The van der Waals surface area contributed by atoms with Crippen molar-refractivity contribution < 1.29 is 19.1 Å². The van der Waals surface area contributed by atoms with Crippen LogP contribution in [-0.2, 0) is 17.6 Å². The van der Waals surface area contributed by atoms with E-state index < -0.39 is 5.60 Å². The van der Waals surface area contributed by atoms with Crippen molar-refractivity contribution in [3.05, 3.63) is 58.7 Å². The van der Waals surface area contributed by atoms with Crippen molar-refractivity contribution in [2.45, 2.75) is 46.1 Å². The molecule has 0 unspecified atom stereocenters. The van der Waals surface area contributed by atoms with Crippen LogP contribution in [0.5, 0.6) is 5.75 Å². The summed E-state index contributed by atoms with van der Waals surface area (Å²) in [5.41, 5.74) is 4.43. The van der Waals surface area contributed by atoms with E-state index in [1.54, 1.807) is 4.90 Å². The molecule has 0 radical (unpaired) electrons. The molecule has 2 aromatic carbocycles. The first-order valence-electron chi connectivity index (χ1n) is 10.9. The van der Waals surface area contributed by atoms with Crippen LogP contribution in [0.2, 0.25) is 0 Å². The van der Waals surface area contributed by atoms with Crippen molar-refractivity contribution >= 4 is 17.7 Å². The summed E-state index contributed by atoms with van der Waals surface area (Å²) in [5.74, 6) is 0.731. The third-order valence-electron chi connectivity index (χ3n) is 5.78. The molecule has 2 aliphatic rings. The van der Waals surface area contributed by atoms with Crippen LogP contribution < -0.4 is 9.64 Å². The van der Waals surface area contributed by atoms with E-state index in [0.29, 0.717) is 31.8 Å². The molecule has 0 atom stereocenters. The molecular formula is C25H30N2O4. The average molecular weight is 423 g/mol. The van der Waals surface area contributed by atoms with Crippen LogP contribution in [0.1, 0.15) is 47.8 Å². The molecule has 31 heavy (non-hydrogen) atoms. The van der Waals surface area contributed by atoms with Gasteiger partial charge in [0.2, 0.25) is 0 Å². The number of carbonyl (C=O) groups excluding carboxylic acids is 2. The lowest BCUT2D eigenvalue weighted by Crippen LogP contribution is -2.39. The fraction of sp³-hybridized carbons (Fsp3) is 0.440. The van der Waals surface area contributed by atoms with Gasteiger partial charge in [0.25, 0.3) is 5.91 Å². The second kappa shape index (κ2) is 8.25. The fourth-order valence-electron chi connectivity index (χ4n) is 4.32. The Morgan fingerprint density at radius 2 is 1.74 bits per heavy atom. The lowest BCUT2D eigenvalue weighted by molar-refractivity contribution is 0.0258. The zero-order chi connectivity index (χ0) is 22.2. The number of ether oxygens (including phenoxy) is 2. The fourth-order valence-corrected chi connectivity index (χ4v) is 4.32. The number of hydrogen-bond donors (Lipinski definition) is 0. The molecule has 0 aliphatic carbocycles. The highest BCUT2D eigenvalue weighted by atomic mass is 16.6. The number of hydrogen-bond acceptors (Lipinski definition) is 4. The largest absolute Gasteiger partial charge is 0.490 e. The van der Waals surface area contributed by atoms with Crippen LogP contribution >= 0.6 is 0 Å². The van der Waals surface area contributed by atoms with Crippen LogP contribution in [-0.4, -0.2) is 48.7 Å². The van der Waals surface area contributed by atoms with Gasteiger partial charge in [-0.1, -0.05) is 18.2 Å². The molecule has 0 saturated carbocycles. The molecule has 0 bridgehead atoms. The highest BCUT2D eigenvalue weighted by Crippen LogP contribution is 2.40. The van der Waals surface area contributed by atoms with Gasteiger partial charge in [-0.2, -0.15) is 0 Å². The Bertz CT molecular complexity index is 995. The van der Waals surface area contributed by atoms with Gasteiger partial charge in [-0.05, 0) is 75.4 Å². The van der Waals surface area contributed by atoms with E-state index in [9.17, 15) is 9.59 Å². The first-order valence-corrected chi connectivity index (χ1v) is 10.9. The molecule has 2 aliphatic heterocycles. The maximum atomic E-state index is 13.2. The summed E-state index contributed by atoms with van der Waals surface area (Å²) in [6.45, 7) is 9.88. The third kappa shape index (κ3) is 4.38. The Balaban J connectivity index is 1.63. The highest BCUT2D eigenvalue weighted by molar-refractivity contribution is 6.07. The Morgan fingerprint density at radius 3 is 2.45 bits per heavy atom. The number of fused-ring (bicyclic) bond motifs is 2. The summed E-state index contributed by atoms with van der Waals surface area (Å²) in [4.78, 5) is 29.4. The van der Waals surface area contributed by atoms with Gasteiger partial charge in [0, 0.05) is 18.7 Å². The lowest BCUT2D eigenvalue weighted by atomic mass is 9.94. The smallest absolute Gasteiger partial charge is 0.410 e. The van der Waals surface area contributed by atoms with Crippen LogP contribution in [0.15, 0.2) is 36.4 Å². The van der Waals surface area contributed by atoms with E-state index in [-0.39, 0.29) is 12.0 Å². The van der Waals surface area contributed by atoms with Crippen molar-refractivity contribution in [2.75, 3.05) is 31.1 Å². The normalized spacial score (nSPS) is 16.0. The summed E-state index contributed by atoms with van der Waals surface area (Å²) in [5, 5.41) is 0. The topological polar surface area (TPSA) is 59.1 Å². The molecule has 0 spiro atoms. The summed E-state index contributed by atoms with van der Waals surface area (Å²) >= 11 is 0. The standard InChI is InChI=1S/C25H30N2O4/c1-17-20-11-13-26(24(29)31-25(2,3)4)12-10-19(20)16-21-22(17)27(14-15-30-21)23(28)18-8-6-5-7-9-18/h5-9,16H,10-15H2,1-4H3. The number of amides is 2. The molecule has 0 saturated heterocycles. The van der Waals surface area contributed by atoms with Gasteiger partial charge in [0.15, 0.2) is 0 Å². The van der Waals surface area contributed by atoms with Gasteiger partial charge < -0.3 is 19.3 Å². The van der Waals surface area contributed by atoms with Gasteiger partial charge in [-0.15, -0.1) is 0 Å². The predicted molar refractivity (Wildman–Crippen MR) is 120 cm³/mol. The van der Waals surface area contributed by atoms with E-state index in [1.165, 1.54) is 11.1 Å². The summed E-state index contributed by atoms with van der Waals surface area (Å²) in [6.07, 6.45) is 1.18. The van der Waals surface area contributed by atoms with Gasteiger partial charge in [0.05, 0.1) is 12.2 Å². The van der Waals surface area contributed by atoms with E-state index in [4.69, 9.17) is 9.47 Å². The summed E-state index contributed by atoms with van der Waals surface area (Å²) in [6, 6.07) is 11.4. The molecule has 0 aromatic heterocycles. The average Bonchev–Trinajstić information content (AvgIpc) is 2.95. The van der Waals surface area contributed by atoms with Gasteiger partial charge in [-0.25, -0.2) is 4.79 Å². The maximum absolute atomic E-state index is 13.2. The molecule has 6 heteroatoms. The molecule has 2 heterocycles. The number of carbonyl (C=O) groups is 2. The Hall–Kier alpha value is -3.02.